The van der Waals surface area contributed by atoms with Crippen molar-refractivity contribution in [3.63, 3.8) is 0 Å². The Morgan fingerprint density at radius 2 is 0.656 bits per heavy atom. The summed E-state index contributed by atoms with van der Waals surface area (Å²) in [4.78, 5) is 24.5. The first-order valence-corrected chi connectivity index (χ1v) is 14.4. The van der Waals surface area contributed by atoms with Crippen LogP contribution in [0.15, 0.2) is 0 Å². The molecule has 0 saturated heterocycles. The van der Waals surface area contributed by atoms with Gasteiger partial charge in [0.1, 0.15) is 0 Å². The first-order chi connectivity index (χ1) is 15.5. The lowest BCUT2D eigenvalue weighted by Crippen LogP contribution is -2.38. The van der Waals surface area contributed by atoms with E-state index in [1.54, 1.807) is 0 Å². The van der Waals surface area contributed by atoms with Gasteiger partial charge in [-0.1, -0.05) is 155 Å². The molecule has 0 aromatic carbocycles. The highest BCUT2D eigenvalue weighted by atomic mass is 32.1. The SMILES string of the molecule is CCCCCCCCCCCCN(S)C(=O)C(=O)N(S)CCCCCCCCCCCC. The van der Waals surface area contributed by atoms with Gasteiger partial charge >= 0.3 is 11.8 Å². The van der Waals surface area contributed by atoms with E-state index in [1.807, 2.05) is 0 Å². The Labute approximate surface area is 210 Å². The predicted octanol–water partition coefficient (Wildman–Crippen LogP) is 8.18. The molecule has 6 heteroatoms. The van der Waals surface area contributed by atoms with E-state index in [-0.39, 0.29) is 0 Å². The normalized spacial score (nSPS) is 11.0. The van der Waals surface area contributed by atoms with Crippen molar-refractivity contribution in [2.45, 2.75) is 142 Å². The van der Waals surface area contributed by atoms with E-state index >= 15 is 0 Å². The molecule has 32 heavy (non-hydrogen) atoms. The number of hydrogen-bond acceptors (Lipinski definition) is 4. The highest BCUT2D eigenvalue weighted by molar-refractivity contribution is 7.79. The van der Waals surface area contributed by atoms with Gasteiger partial charge in [0.25, 0.3) is 0 Å². The summed E-state index contributed by atoms with van der Waals surface area (Å²) in [6.07, 6.45) is 24.9. The lowest BCUT2D eigenvalue weighted by atomic mass is 10.1. The highest BCUT2D eigenvalue weighted by Crippen LogP contribution is 2.13. The van der Waals surface area contributed by atoms with Crippen molar-refractivity contribution < 1.29 is 9.59 Å². The molecule has 0 radical (unpaired) electrons. The number of hydrogen-bond donors (Lipinski definition) is 2. The Kier molecular flexibility index (Phi) is 23.5. The van der Waals surface area contributed by atoms with Crippen molar-refractivity contribution in [1.29, 1.82) is 0 Å². The smallest absolute Gasteiger partial charge is 0.281 e. The summed E-state index contributed by atoms with van der Waals surface area (Å²) >= 11 is 8.46. The second-order valence-corrected chi connectivity index (χ2v) is 10.2. The van der Waals surface area contributed by atoms with Gasteiger partial charge in [0, 0.05) is 13.1 Å². The van der Waals surface area contributed by atoms with Gasteiger partial charge in [-0.3, -0.25) is 18.2 Å². The fraction of sp³-hybridized carbons (Fsp3) is 0.923. The molecule has 0 aliphatic rings. The van der Waals surface area contributed by atoms with Crippen LogP contribution in [0.5, 0.6) is 0 Å². The molecule has 0 rings (SSSR count). The zero-order valence-electron chi connectivity index (χ0n) is 21.2. The third kappa shape index (κ3) is 19.1. The van der Waals surface area contributed by atoms with Gasteiger partial charge in [0.2, 0.25) is 0 Å². The molecule has 2 amide bonds. The van der Waals surface area contributed by atoms with Gasteiger partial charge in [-0.05, 0) is 12.8 Å². The van der Waals surface area contributed by atoms with Crippen LogP contribution in [0.25, 0.3) is 0 Å². The number of rotatable bonds is 22. The third-order valence-electron chi connectivity index (χ3n) is 6.10. The fourth-order valence-corrected chi connectivity index (χ4v) is 4.38. The van der Waals surface area contributed by atoms with E-state index in [2.05, 4.69) is 39.5 Å². The van der Waals surface area contributed by atoms with Crippen LogP contribution in [-0.4, -0.2) is 33.5 Å². The van der Waals surface area contributed by atoms with Crippen LogP contribution in [0.3, 0.4) is 0 Å². The van der Waals surface area contributed by atoms with Crippen LogP contribution in [0, 0.1) is 0 Å². The van der Waals surface area contributed by atoms with Gasteiger partial charge in [-0.15, -0.1) is 0 Å². The Morgan fingerprint density at radius 3 is 0.906 bits per heavy atom. The van der Waals surface area contributed by atoms with Gasteiger partial charge in [0.15, 0.2) is 0 Å². The summed E-state index contributed by atoms with van der Waals surface area (Å²) < 4.78 is 2.52. The molecule has 4 nitrogen and oxygen atoms in total. The molecule has 0 heterocycles. The fourth-order valence-electron chi connectivity index (χ4n) is 3.92. The van der Waals surface area contributed by atoms with Crippen molar-refractivity contribution in [1.82, 2.24) is 8.61 Å². The minimum Gasteiger partial charge on any atom is -0.281 e. The molecule has 0 aromatic rings. The zero-order chi connectivity index (χ0) is 23.9. The zero-order valence-corrected chi connectivity index (χ0v) is 23.0. The van der Waals surface area contributed by atoms with Crippen LogP contribution >= 0.6 is 25.6 Å². The van der Waals surface area contributed by atoms with Crippen LogP contribution in [0.1, 0.15) is 142 Å². The van der Waals surface area contributed by atoms with Crippen molar-refractivity contribution in [2.75, 3.05) is 13.1 Å². The lowest BCUT2D eigenvalue weighted by Gasteiger charge is -2.19. The van der Waals surface area contributed by atoms with Gasteiger partial charge < -0.3 is 0 Å². The van der Waals surface area contributed by atoms with E-state index in [0.29, 0.717) is 13.1 Å². The van der Waals surface area contributed by atoms with Gasteiger partial charge in [-0.2, -0.15) is 0 Å². The third-order valence-corrected chi connectivity index (χ3v) is 6.86. The van der Waals surface area contributed by atoms with Crippen molar-refractivity contribution in [2.24, 2.45) is 0 Å². The molecule has 0 atom stereocenters. The molecule has 0 aliphatic carbocycles. The van der Waals surface area contributed by atoms with E-state index in [1.165, 1.54) is 111 Å². The number of unbranched alkanes of at least 4 members (excludes halogenated alkanes) is 18. The van der Waals surface area contributed by atoms with E-state index in [9.17, 15) is 9.59 Å². The maximum atomic E-state index is 12.3. The summed E-state index contributed by atoms with van der Waals surface area (Å²) in [6.45, 7) is 5.53. The number of thiol groups is 2. The quantitative estimate of drug-likeness (QED) is 0.0916. The molecular weight excluding hydrogens is 436 g/mol. The summed E-state index contributed by atoms with van der Waals surface area (Å²) in [5, 5.41) is 0. The molecule has 0 bridgehead atoms. The Balaban J connectivity index is 3.66. The van der Waals surface area contributed by atoms with E-state index < -0.39 is 11.8 Å². The summed E-state index contributed by atoms with van der Waals surface area (Å²) in [6, 6.07) is 0. The maximum Gasteiger partial charge on any atom is 0.322 e. The van der Waals surface area contributed by atoms with Crippen LogP contribution in [0.2, 0.25) is 0 Å². The first-order valence-electron chi connectivity index (χ1n) is 13.6. The van der Waals surface area contributed by atoms with E-state index in [0.717, 1.165) is 25.7 Å². The Hall–Kier alpha value is -0.360. The molecule has 0 spiro atoms. The molecular formula is C26H52N2O2S2. The van der Waals surface area contributed by atoms with Crippen LogP contribution < -0.4 is 0 Å². The minimum atomic E-state index is -0.564. The molecule has 0 fully saturated rings. The number of nitrogens with zero attached hydrogens (tertiary/aromatic N) is 2. The van der Waals surface area contributed by atoms with Gasteiger partial charge in [-0.25, -0.2) is 0 Å². The number of amides is 2. The summed E-state index contributed by atoms with van der Waals surface area (Å²) in [5.74, 6) is -1.13. The second-order valence-electron chi connectivity index (χ2n) is 9.22. The van der Waals surface area contributed by atoms with Gasteiger partial charge in [0.05, 0.1) is 0 Å². The van der Waals surface area contributed by atoms with Crippen LogP contribution in [-0.2, 0) is 9.59 Å². The predicted molar refractivity (Wildman–Crippen MR) is 145 cm³/mol. The standard InChI is InChI=1S/C26H52N2O2S2/c1-3-5-7-9-11-13-15-17-19-21-23-27(31)25(29)26(30)28(32)24-22-20-18-16-14-12-10-8-6-4-2/h31-32H,3-24H2,1-2H3. The Morgan fingerprint density at radius 1 is 0.438 bits per heavy atom. The van der Waals surface area contributed by atoms with Crippen LogP contribution in [0.4, 0.5) is 0 Å². The first kappa shape index (κ1) is 31.6. The van der Waals surface area contributed by atoms with Crippen molar-refractivity contribution in [3.05, 3.63) is 0 Å². The van der Waals surface area contributed by atoms with Crippen molar-refractivity contribution in [3.8, 4) is 0 Å². The second kappa shape index (κ2) is 23.8. The molecule has 0 N–H and O–H groups in total. The average molecular weight is 489 g/mol. The highest BCUT2D eigenvalue weighted by Gasteiger charge is 2.23. The summed E-state index contributed by atoms with van der Waals surface area (Å²) in [7, 11) is 0. The largest absolute Gasteiger partial charge is 0.322 e. The maximum absolute atomic E-state index is 12.3. The molecule has 0 aromatic heterocycles. The molecule has 0 unspecified atom stereocenters. The summed E-state index contributed by atoms with van der Waals surface area (Å²) in [5.41, 5.74) is 0. The molecule has 190 valence electrons. The van der Waals surface area contributed by atoms with Crippen molar-refractivity contribution >= 4 is 37.4 Å². The molecule has 0 aliphatic heterocycles. The lowest BCUT2D eigenvalue weighted by molar-refractivity contribution is -0.145. The topological polar surface area (TPSA) is 40.6 Å². The molecule has 0 saturated carbocycles. The number of carbonyl (C=O) groups excluding carboxylic acids is 2. The average Bonchev–Trinajstić information content (AvgIpc) is 2.80. The van der Waals surface area contributed by atoms with E-state index in [4.69, 9.17) is 0 Å². The Bertz CT molecular complexity index is 410. The monoisotopic (exact) mass is 488 g/mol. The number of carbonyl (C=O) groups is 2. The minimum absolute atomic E-state index is 0.518.